The van der Waals surface area contributed by atoms with Gasteiger partial charge in [-0.25, -0.2) is 14.0 Å². The van der Waals surface area contributed by atoms with E-state index in [1.807, 2.05) is 19.9 Å². The van der Waals surface area contributed by atoms with Crippen molar-refractivity contribution in [2.24, 2.45) is 0 Å². The summed E-state index contributed by atoms with van der Waals surface area (Å²) in [5.41, 5.74) is 1.92. The van der Waals surface area contributed by atoms with E-state index in [0.717, 1.165) is 0 Å². The molecule has 4 rings (SSSR count). The average molecular weight is 543 g/mol. The Morgan fingerprint density at radius 1 is 1.13 bits per heavy atom. The topological polar surface area (TPSA) is 82.2 Å². The van der Waals surface area contributed by atoms with Crippen LogP contribution < -0.4 is 5.32 Å². The maximum absolute atomic E-state index is 13.7. The molecule has 1 N–H and O–H groups in total. The lowest BCUT2D eigenvalue weighted by atomic mass is 9.94. The molecule has 2 aliphatic rings. The maximum atomic E-state index is 13.7. The maximum Gasteiger partial charge on any atom is 0.338 e. The van der Waals surface area contributed by atoms with E-state index in [-0.39, 0.29) is 24.6 Å². The highest BCUT2D eigenvalue weighted by molar-refractivity contribution is 6.30. The number of likely N-dealkylation sites (N-methyl/N-ethyl adjacent to an activating group) is 1. The lowest BCUT2D eigenvalue weighted by molar-refractivity contribution is -0.139. The lowest BCUT2D eigenvalue weighted by Gasteiger charge is -2.43. The summed E-state index contributed by atoms with van der Waals surface area (Å²) in [4.78, 5) is 44.9. The lowest BCUT2D eigenvalue weighted by Crippen LogP contribution is -2.56. The van der Waals surface area contributed by atoms with Crippen LogP contribution in [0.15, 0.2) is 59.8 Å². The molecule has 2 heterocycles. The average Bonchev–Trinajstić information content (AvgIpc) is 2.88. The van der Waals surface area contributed by atoms with Crippen molar-refractivity contribution in [3.63, 3.8) is 0 Å². The number of piperazine rings is 1. The summed E-state index contributed by atoms with van der Waals surface area (Å²) < 4.78 is 19.1. The van der Waals surface area contributed by atoms with E-state index in [1.165, 1.54) is 18.2 Å². The molecule has 8 nitrogen and oxygen atoms in total. The molecule has 0 bridgehead atoms. The Hall–Kier alpha value is -3.43. The first-order valence-electron chi connectivity index (χ1n) is 12.8. The highest BCUT2D eigenvalue weighted by atomic mass is 35.5. The number of nitrogens with zero attached hydrogens (tertiary/aromatic N) is 3. The number of benzene rings is 2. The Morgan fingerprint density at radius 3 is 2.55 bits per heavy atom. The molecule has 1 fully saturated rings. The van der Waals surface area contributed by atoms with Crippen LogP contribution in [0.1, 0.15) is 42.7 Å². The van der Waals surface area contributed by atoms with Gasteiger partial charge in [0.25, 0.3) is 5.91 Å². The third kappa shape index (κ3) is 5.84. The Balaban J connectivity index is 1.63. The van der Waals surface area contributed by atoms with Crippen LogP contribution >= 0.6 is 11.6 Å². The number of esters is 1. The molecule has 3 amide bonds. The first-order valence-corrected chi connectivity index (χ1v) is 13.1. The van der Waals surface area contributed by atoms with E-state index in [0.29, 0.717) is 60.1 Å². The van der Waals surface area contributed by atoms with Crippen LogP contribution in [0.3, 0.4) is 0 Å². The van der Waals surface area contributed by atoms with Crippen molar-refractivity contribution in [3.05, 3.63) is 81.8 Å². The van der Waals surface area contributed by atoms with Crippen LogP contribution in [0.25, 0.3) is 0 Å². The van der Waals surface area contributed by atoms with Gasteiger partial charge in [0.1, 0.15) is 5.82 Å². The van der Waals surface area contributed by atoms with Crippen LogP contribution in [0.2, 0.25) is 5.02 Å². The van der Waals surface area contributed by atoms with Gasteiger partial charge in [0.2, 0.25) is 0 Å². The second-order valence-electron chi connectivity index (χ2n) is 9.36. The largest absolute Gasteiger partial charge is 0.463 e. The van der Waals surface area contributed by atoms with Gasteiger partial charge in [-0.15, -0.1) is 0 Å². The molecule has 2 unspecified atom stereocenters. The highest BCUT2D eigenvalue weighted by Crippen LogP contribution is 2.33. The van der Waals surface area contributed by atoms with Crippen LogP contribution in [0.5, 0.6) is 0 Å². The summed E-state index contributed by atoms with van der Waals surface area (Å²) in [7, 11) is 0. The monoisotopic (exact) mass is 542 g/mol. The number of urea groups is 1. The number of halogens is 2. The van der Waals surface area contributed by atoms with Gasteiger partial charge < -0.3 is 15.0 Å². The van der Waals surface area contributed by atoms with Crippen molar-refractivity contribution < 1.29 is 23.5 Å². The summed E-state index contributed by atoms with van der Waals surface area (Å²) in [6.45, 7) is 7.85. The standard InChI is InChI=1S/C28H32ClFN4O4/c1-4-33-23(17-32-12-13-34(18(3)16-32)26(35)20-9-7-11-22(30)15-20)24(27(36)38-5-2)25(31-28(33)37)19-8-6-10-21(29)14-19/h6-11,14-15,18,25H,4-5,12-13,16-17H2,1-3H3,(H,31,37). The molecule has 1 saturated heterocycles. The van der Waals surface area contributed by atoms with E-state index < -0.39 is 17.8 Å². The molecule has 202 valence electrons. The van der Waals surface area contributed by atoms with Gasteiger partial charge >= 0.3 is 12.0 Å². The molecule has 0 saturated carbocycles. The van der Waals surface area contributed by atoms with Gasteiger partial charge in [0.15, 0.2) is 0 Å². The smallest absolute Gasteiger partial charge is 0.338 e. The zero-order valence-electron chi connectivity index (χ0n) is 21.7. The van der Waals surface area contributed by atoms with Gasteiger partial charge in [-0.05, 0) is 56.7 Å². The van der Waals surface area contributed by atoms with Crippen molar-refractivity contribution in [2.75, 3.05) is 39.3 Å². The van der Waals surface area contributed by atoms with Crippen LogP contribution in [-0.4, -0.2) is 78.0 Å². The minimum atomic E-state index is -0.716. The second-order valence-corrected chi connectivity index (χ2v) is 9.79. The fraction of sp³-hybridized carbons (Fsp3) is 0.393. The van der Waals surface area contributed by atoms with E-state index in [2.05, 4.69) is 10.2 Å². The van der Waals surface area contributed by atoms with E-state index in [1.54, 1.807) is 41.0 Å². The molecule has 38 heavy (non-hydrogen) atoms. The summed E-state index contributed by atoms with van der Waals surface area (Å²) in [5, 5.41) is 3.43. The highest BCUT2D eigenvalue weighted by Gasteiger charge is 2.39. The van der Waals surface area contributed by atoms with Gasteiger partial charge in [0, 0.05) is 55.0 Å². The minimum absolute atomic E-state index is 0.164. The molecule has 2 aliphatic heterocycles. The third-order valence-electron chi connectivity index (χ3n) is 6.85. The Morgan fingerprint density at radius 2 is 1.89 bits per heavy atom. The zero-order chi connectivity index (χ0) is 27.4. The minimum Gasteiger partial charge on any atom is -0.463 e. The van der Waals surface area contributed by atoms with Crippen LogP contribution in [0, 0.1) is 5.82 Å². The summed E-state index contributed by atoms with van der Waals surface area (Å²) in [5.74, 6) is -1.18. The van der Waals surface area contributed by atoms with Crippen molar-refractivity contribution in [1.82, 2.24) is 20.0 Å². The quantitative estimate of drug-likeness (QED) is 0.530. The molecule has 2 aromatic carbocycles. The number of amides is 3. The Labute approximate surface area is 227 Å². The summed E-state index contributed by atoms with van der Waals surface area (Å²) >= 11 is 6.23. The number of rotatable bonds is 7. The first-order chi connectivity index (χ1) is 18.2. The number of carbonyl (C=O) groups excluding carboxylic acids is 3. The summed E-state index contributed by atoms with van der Waals surface area (Å²) in [6.07, 6.45) is 0. The van der Waals surface area contributed by atoms with Gasteiger partial charge in [-0.3, -0.25) is 14.6 Å². The van der Waals surface area contributed by atoms with E-state index in [4.69, 9.17) is 16.3 Å². The Bertz CT molecular complexity index is 1250. The molecule has 2 atom stereocenters. The molecule has 0 aliphatic carbocycles. The SMILES string of the molecule is CCOC(=O)C1=C(CN2CCN(C(=O)c3cccc(F)c3)C(C)C2)N(CC)C(=O)NC1c1cccc(Cl)c1. The zero-order valence-corrected chi connectivity index (χ0v) is 22.5. The fourth-order valence-electron chi connectivity index (χ4n) is 5.07. The first kappa shape index (κ1) is 27.6. The molecule has 2 aromatic rings. The second kappa shape index (κ2) is 12.0. The van der Waals surface area contributed by atoms with Gasteiger partial charge in [-0.2, -0.15) is 0 Å². The number of carbonyl (C=O) groups is 3. The van der Waals surface area contributed by atoms with Crippen molar-refractivity contribution in [1.29, 1.82) is 0 Å². The molecular formula is C28H32ClFN4O4. The molecule has 0 spiro atoms. The van der Waals surface area contributed by atoms with Crippen molar-refractivity contribution >= 4 is 29.5 Å². The molecule has 10 heteroatoms. The number of ether oxygens (including phenoxy) is 1. The van der Waals surface area contributed by atoms with Gasteiger partial charge in [-0.1, -0.05) is 29.8 Å². The van der Waals surface area contributed by atoms with Crippen LogP contribution in [0.4, 0.5) is 9.18 Å². The summed E-state index contributed by atoms with van der Waals surface area (Å²) in [6, 6.07) is 11.5. The van der Waals surface area contributed by atoms with Gasteiger partial charge in [0.05, 0.1) is 18.2 Å². The van der Waals surface area contributed by atoms with E-state index >= 15 is 0 Å². The van der Waals surface area contributed by atoms with E-state index in [9.17, 15) is 18.8 Å². The molecule has 0 aromatic heterocycles. The van der Waals surface area contributed by atoms with Crippen molar-refractivity contribution in [2.45, 2.75) is 32.9 Å². The normalized spacial score (nSPS) is 20.4. The Kier molecular flexibility index (Phi) is 8.69. The van der Waals surface area contributed by atoms with Crippen LogP contribution in [-0.2, 0) is 9.53 Å². The third-order valence-corrected chi connectivity index (χ3v) is 7.08. The molecular weight excluding hydrogens is 511 g/mol. The fourth-order valence-corrected chi connectivity index (χ4v) is 5.27. The predicted molar refractivity (Wildman–Crippen MR) is 142 cm³/mol. The molecule has 0 radical (unpaired) electrons. The van der Waals surface area contributed by atoms with Crippen molar-refractivity contribution in [3.8, 4) is 0 Å². The number of hydrogen-bond acceptors (Lipinski definition) is 5. The number of nitrogens with one attached hydrogen (secondary N) is 1. The number of hydrogen-bond donors (Lipinski definition) is 1. The predicted octanol–water partition coefficient (Wildman–Crippen LogP) is 4.23.